The summed E-state index contributed by atoms with van der Waals surface area (Å²) in [6, 6.07) is 7.68. The number of rotatable bonds is 7. The lowest BCUT2D eigenvalue weighted by Gasteiger charge is -2.30. The van der Waals surface area contributed by atoms with E-state index in [9.17, 15) is 9.59 Å². The van der Waals surface area contributed by atoms with Crippen LogP contribution in [-0.4, -0.2) is 48.6 Å². The predicted molar refractivity (Wildman–Crippen MR) is 95.5 cm³/mol. The Bertz CT molecular complexity index is 578. The van der Waals surface area contributed by atoms with E-state index in [0.29, 0.717) is 32.5 Å². The number of likely N-dealkylation sites (tertiary alicyclic amines) is 1. The van der Waals surface area contributed by atoms with E-state index >= 15 is 0 Å². The Hall–Kier alpha value is -2.08. The average molecular weight is 348 g/mol. The summed E-state index contributed by atoms with van der Waals surface area (Å²) in [5.74, 6) is 0.0165. The highest BCUT2D eigenvalue weighted by molar-refractivity contribution is 5.78. The van der Waals surface area contributed by atoms with Gasteiger partial charge in [0.1, 0.15) is 5.75 Å². The van der Waals surface area contributed by atoms with Crippen LogP contribution in [0.15, 0.2) is 24.3 Å². The predicted octanol–water partition coefficient (Wildman–Crippen LogP) is 2.31. The number of carboxylic acids is 1. The molecule has 138 valence electrons. The topological polar surface area (TPSA) is 78.9 Å². The van der Waals surface area contributed by atoms with Crippen LogP contribution in [0, 0.1) is 11.8 Å². The Balaban J connectivity index is 1.91. The molecule has 0 radical (unpaired) electrons. The third-order valence-electron chi connectivity index (χ3n) is 4.76. The first-order chi connectivity index (χ1) is 11.9. The molecule has 0 aliphatic carbocycles. The third-order valence-corrected chi connectivity index (χ3v) is 4.76. The highest BCUT2D eigenvalue weighted by Gasteiger charge is 2.26. The molecule has 0 saturated carbocycles. The maximum absolute atomic E-state index is 12.4. The molecular weight excluding hydrogens is 320 g/mol. The lowest BCUT2D eigenvalue weighted by molar-refractivity contribution is -0.143. The summed E-state index contributed by atoms with van der Waals surface area (Å²) in [7, 11) is 1.63. The molecule has 1 aromatic rings. The molecule has 6 heteroatoms. The number of aliphatic carboxylic acids is 1. The maximum atomic E-state index is 12.4. The number of carboxylic acid groups (broad SMARTS) is 1. The van der Waals surface area contributed by atoms with Crippen LogP contribution in [0.2, 0.25) is 0 Å². The zero-order chi connectivity index (χ0) is 18.4. The minimum absolute atomic E-state index is 0.0247. The van der Waals surface area contributed by atoms with Crippen LogP contribution in [0.1, 0.15) is 38.3 Å². The van der Waals surface area contributed by atoms with Gasteiger partial charge in [0.05, 0.1) is 25.6 Å². The second kappa shape index (κ2) is 8.85. The highest BCUT2D eigenvalue weighted by atomic mass is 16.5. The largest absolute Gasteiger partial charge is 0.497 e. The number of nitrogens with one attached hydrogen (secondary N) is 1. The highest BCUT2D eigenvalue weighted by Crippen LogP contribution is 2.24. The van der Waals surface area contributed by atoms with Crippen LogP contribution in [0.4, 0.5) is 0 Å². The molecule has 1 atom stereocenters. The van der Waals surface area contributed by atoms with Gasteiger partial charge in [0, 0.05) is 0 Å². The summed E-state index contributed by atoms with van der Waals surface area (Å²) in [6.45, 7) is 5.77. The summed E-state index contributed by atoms with van der Waals surface area (Å²) in [5, 5.41) is 12.2. The fourth-order valence-corrected chi connectivity index (χ4v) is 3.21. The molecule has 0 bridgehead atoms. The van der Waals surface area contributed by atoms with E-state index < -0.39 is 5.97 Å². The normalized spacial score (nSPS) is 17.3. The Labute approximate surface area is 149 Å². The molecule has 1 amide bonds. The van der Waals surface area contributed by atoms with Gasteiger partial charge >= 0.3 is 5.97 Å². The van der Waals surface area contributed by atoms with Gasteiger partial charge < -0.3 is 15.2 Å². The van der Waals surface area contributed by atoms with E-state index in [4.69, 9.17) is 9.84 Å². The van der Waals surface area contributed by atoms with Crippen molar-refractivity contribution < 1.29 is 19.4 Å². The second-order valence-corrected chi connectivity index (χ2v) is 6.95. The molecule has 1 aliphatic heterocycles. The van der Waals surface area contributed by atoms with Crippen molar-refractivity contribution in [3.8, 4) is 5.75 Å². The van der Waals surface area contributed by atoms with Crippen LogP contribution >= 0.6 is 0 Å². The molecule has 1 heterocycles. The van der Waals surface area contributed by atoms with Crippen LogP contribution in [0.25, 0.3) is 0 Å². The molecule has 25 heavy (non-hydrogen) atoms. The third kappa shape index (κ3) is 5.46. The first kappa shape index (κ1) is 19.2. The number of carbonyl (C=O) groups is 2. The molecule has 1 fully saturated rings. The van der Waals surface area contributed by atoms with E-state index in [1.165, 1.54) is 0 Å². The fraction of sp³-hybridized carbons (Fsp3) is 0.579. The molecule has 1 aromatic carbocycles. The Morgan fingerprint density at radius 3 is 2.32 bits per heavy atom. The average Bonchev–Trinajstić information content (AvgIpc) is 2.60. The van der Waals surface area contributed by atoms with Gasteiger partial charge in [-0.05, 0) is 49.5 Å². The van der Waals surface area contributed by atoms with Gasteiger partial charge in [-0.1, -0.05) is 26.0 Å². The second-order valence-electron chi connectivity index (χ2n) is 6.95. The van der Waals surface area contributed by atoms with Gasteiger partial charge in [-0.3, -0.25) is 14.5 Å². The standard InChI is InChI=1S/C19H28N2O4/c1-13(2)18(14-4-6-16(25-3)7-5-14)20-17(22)12-21-10-8-15(9-11-21)19(23)24/h4-7,13,15,18H,8-12H2,1-3H3,(H,20,22)(H,23,24). The molecule has 1 unspecified atom stereocenters. The van der Waals surface area contributed by atoms with Crippen molar-refractivity contribution in [2.45, 2.75) is 32.7 Å². The van der Waals surface area contributed by atoms with Crippen molar-refractivity contribution in [3.05, 3.63) is 29.8 Å². The van der Waals surface area contributed by atoms with Gasteiger partial charge in [-0.2, -0.15) is 0 Å². The molecule has 1 saturated heterocycles. The minimum atomic E-state index is -0.733. The quantitative estimate of drug-likeness (QED) is 0.790. The van der Waals surface area contributed by atoms with E-state index in [2.05, 4.69) is 19.2 Å². The summed E-state index contributed by atoms with van der Waals surface area (Å²) in [6.07, 6.45) is 1.21. The van der Waals surface area contributed by atoms with E-state index in [1.807, 2.05) is 29.2 Å². The summed E-state index contributed by atoms with van der Waals surface area (Å²) in [5.41, 5.74) is 1.05. The molecule has 0 spiro atoms. The maximum Gasteiger partial charge on any atom is 0.306 e. The van der Waals surface area contributed by atoms with Gasteiger partial charge in [0.25, 0.3) is 0 Å². The smallest absolute Gasteiger partial charge is 0.306 e. The lowest BCUT2D eigenvalue weighted by atomic mass is 9.95. The van der Waals surface area contributed by atoms with Gasteiger partial charge in [0.2, 0.25) is 5.91 Å². The number of carbonyl (C=O) groups excluding carboxylic acids is 1. The molecule has 6 nitrogen and oxygen atoms in total. The van der Waals surface area contributed by atoms with Crippen LogP contribution in [0.3, 0.4) is 0 Å². The van der Waals surface area contributed by atoms with Gasteiger partial charge in [-0.15, -0.1) is 0 Å². The first-order valence-corrected chi connectivity index (χ1v) is 8.79. The number of hydrogen-bond donors (Lipinski definition) is 2. The van der Waals surface area contributed by atoms with Gasteiger partial charge in [0.15, 0.2) is 0 Å². The number of benzene rings is 1. The lowest BCUT2D eigenvalue weighted by Crippen LogP contribution is -2.44. The molecule has 2 rings (SSSR count). The summed E-state index contributed by atoms with van der Waals surface area (Å²) >= 11 is 0. The molecular formula is C19H28N2O4. The summed E-state index contributed by atoms with van der Waals surface area (Å²) in [4.78, 5) is 25.5. The van der Waals surface area contributed by atoms with Crippen molar-refractivity contribution >= 4 is 11.9 Å². The van der Waals surface area contributed by atoms with Crippen LogP contribution in [-0.2, 0) is 9.59 Å². The van der Waals surface area contributed by atoms with Crippen LogP contribution in [0.5, 0.6) is 5.75 Å². The van der Waals surface area contributed by atoms with Gasteiger partial charge in [-0.25, -0.2) is 0 Å². The summed E-state index contributed by atoms with van der Waals surface area (Å²) < 4.78 is 5.18. The fourth-order valence-electron chi connectivity index (χ4n) is 3.21. The van der Waals surface area contributed by atoms with E-state index in [1.54, 1.807) is 7.11 Å². The van der Waals surface area contributed by atoms with Crippen molar-refractivity contribution in [2.24, 2.45) is 11.8 Å². The molecule has 2 N–H and O–H groups in total. The first-order valence-electron chi connectivity index (χ1n) is 8.79. The number of piperidine rings is 1. The Morgan fingerprint density at radius 2 is 1.84 bits per heavy atom. The van der Waals surface area contributed by atoms with Crippen molar-refractivity contribution in [1.29, 1.82) is 0 Å². The number of hydrogen-bond acceptors (Lipinski definition) is 4. The van der Waals surface area contributed by atoms with E-state index in [-0.39, 0.29) is 23.8 Å². The minimum Gasteiger partial charge on any atom is -0.497 e. The zero-order valence-electron chi connectivity index (χ0n) is 15.2. The number of ether oxygens (including phenoxy) is 1. The number of methoxy groups -OCH3 is 1. The Morgan fingerprint density at radius 1 is 1.24 bits per heavy atom. The van der Waals surface area contributed by atoms with Crippen molar-refractivity contribution in [2.75, 3.05) is 26.7 Å². The van der Waals surface area contributed by atoms with Crippen molar-refractivity contribution in [1.82, 2.24) is 10.2 Å². The SMILES string of the molecule is COc1ccc(C(NC(=O)CN2CCC(C(=O)O)CC2)C(C)C)cc1. The number of amides is 1. The zero-order valence-corrected chi connectivity index (χ0v) is 15.2. The molecule has 1 aliphatic rings. The Kier molecular flexibility index (Phi) is 6.82. The van der Waals surface area contributed by atoms with E-state index in [0.717, 1.165) is 11.3 Å². The monoisotopic (exact) mass is 348 g/mol. The van der Waals surface area contributed by atoms with Crippen LogP contribution < -0.4 is 10.1 Å². The van der Waals surface area contributed by atoms with Crippen molar-refractivity contribution in [3.63, 3.8) is 0 Å². The molecule has 0 aromatic heterocycles. The number of nitrogens with zero attached hydrogens (tertiary/aromatic N) is 1.